The molecule has 1 N–H and O–H groups in total. The Morgan fingerprint density at radius 2 is 1.75 bits per heavy atom. The molecule has 1 saturated heterocycles. The first-order valence-corrected chi connectivity index (χ1v) is 13.8. The van der Waals surface area contributed by atoms with E-state index in [0.29, 0.717) is 11.3 Å². The maximum absolute atomic E-state index is 13.0. The predicted molar refractivity (Wildman–Crippen MR) is 149 cm³/mol. The van der Waals surface area contributed by atoms with Gasteiger partial charge in [-0.2, -0.15) is 13.4 Å². The van der Waals surface area contributed by atoms with Gasteiger partial charge in [0, 0.05) is 11.6 Å². The van der Waals surface area contributed by atoms with Crippen LogP contribution >= 0.6 is 24.0 Å². The van der Waals surface area contributed by atoms with Gasteiger partial charge in [0.05, 0.1) is 24.0 Å². The largest absolute Gasteiger partial charge is 0.497 e. The third-order valence-electron chi connectivity index (χ3n) is 5.38. The van der Waals surface area contributed by atoms with Crippen molar-refractivity contribution in [2.45, 2.75) is 4.90 Å². The van der Waals surface area contributed by atoms with Crippen molar-refractivity contribution >= 4 is 62.0 Å². The minimum absolute atomic E-state index is 0.0146. The lowest BCUT2D eigenvalue weighted by atomic mass is 10.2. The van der Waals surface area contributed by atoms with Crippen molar-refractivity contribution in [3.63, 3.8) is 0 Å². The second kappa shape index (κ2) is 11.7. The van der Waals surface area contributed by atoms with E-state index in [1.165, 1.54) is 62.8 Å². The highest BCUT2D eigenvalue weighted by Gasteiger charge is 2.34. The van der Waals surface area contributed by atoms with Crippen molar-refractivity contribution in [2.24, 2.45) is 0 Å². The van der Waals surface area contributed by atoms with Gasteiger partial charge in [-0.1, -0.05) is 30.0 Å². The van der Waals surface area contributed by atoms with Gasteiger partial charge in [0.1, 0.15) is 5.75 Å². The first-order valence-electron chi connectivity index (χ1n) is 11.1. The Hall–Kier alpha value is -4.47. The van der Waals surface area contributed by atoms with Gasteiger partial charge in [0.2, 0.25) is 0 Å². The molecule has 40 heavy (non-hydrogen) atoms. The summed E-state index contributed by atoms with van der Waals surface area (Å²) in [6.07, 6.45) is 1.47. The molecule has 0 atom stereocenters. The number of nitrogens with zero attached hydrogens (tertiary/aromatic N) is 2. The maximum Gasteiger partial charge on any atom is 0.346 e. The number of benzene rings is 3. The Morgan fingerprint density at radius 3 is 2.40 bits per heavy atom. The van der Waals surface area contributed by atoms with Gasteiger partial charge >= 0.3 is 10.1 Å². The minimum atomic E-state index is -4.58. The van der Waals surface area contributed by atoms with Crippen molar-refractivity contribution in [1.29, 1.82) is 0 Å². The van der Waals surface area contributed by atoms with Gasteiger partial charge in [-0.05, 0) is 66.3 Å². The number of nitro groups is 1. The average Bonchev–Trinajstić information content (AvgIpc) is 3.20. The van der Waals surface area contributed by atoms with Crippen LogP contribution in [0.25, 0.3) is 6.08 Å². The molecule has 1 fully saturated rings. The van der Waals surface area contributed by atoms with E-state index in [9.17, 15) is 28.1 Å². The zero-order chi connectivity index (χ0) is 29.0. The molecule has 206 valence electrons. The number of thioether (sulfide) groups is 1. The molecule has 1 aliphatic rings. The lowest BCUT2D eigenvalue weighted by Crippen LogP contribution is -2.44. The first kappa shape index (κ1) is 28.5. The van der Waals surface area contributed by atoms with Crippen LogP contribution in [0, 0.1) is 10.1 Å². The van der Waals surface area contributed by atoms with Crippen LogP contribution in [-0.2, 0) is 14.9 Å². The van der Waals surface area contributed by atoms with Crippen molar-refractivity contribution in [2.75, 3.05) is 14.2 Å². The minimum Gasteiger partial charge on any atom is -0.497 e. The zero-order valence-corrected chi connectivity index (χ0v) is 23.2. The van der Waals surface area contributed by atoms with E-state index in [1.54, 1.807) is 12.1 Å². The Balaban J connectivity index is 1.53. The van der Waals surface area contributed by atoms with Gasteiger partial charge in [-0.3, -0.25) is 25.1 Å². The summed E-state index contributed by atoms with van der Waals surface area (Å²) >= 11 is 6.21. The highest BCUT2D eigenvalue weighted by molar-refractivity contribution is 8.26. The quantitative estimate of drug-likeness (QED) is 0.125. The molecule has 0 radical (unpaired) electrons. The van der Waals surface area contributed by atoms with Gasteiger partial charge < -0.3 is 13.7 Å². The van der Waals surface area contributed by atoms with E-state index in [1.807, 2.05) is 0 Å². The van der Waals surface area contributed by atoms with Gasteiger partial charge in [0.15, 0.2) is 20.7 Å². The Bertz CT molecular complexity index is 1660. The van der Waals surface area contributed by atoms with Crippen molar-refractivity contribution in [3.05, 3.63) is 92.9 Å². The summed E-state index contributed by atoms with van der Waals surface area (Å²) < 4.78 is 41.2. The molecule has 15 heteroatoms. The predicted octanol–water partition coefficient (Wildman–Crippen LogP) is 3.93. The number of hydrogen-bond donors (Lipinski definition) is 1. The van der Waals surface area contributed by atoms with Crippen molar-refractivity contribution in [1.82, 2.24) is 10.4 Å². The van der Waals surface area contributed by atoms with E-state index in [2.05, 4.69) is 5.43 Å². The Kier molecular flexibility index (Phi) is 8.37. The number of methoxy groups -OCH3 is 2. The van der Waals surface area contributed by atoms with Gasteiger partial charge in [-0.25, -0.2) is 0 Å². The molecular formula is C25H19N3O9S3. The summed E-state index contributed by atoms with van der Waals surface area (Å²) in [5, 5.41) is 12.2. The molecule has 0 spiro atoms. The third-order valence-corrected chi connectivity index (χ3v) is 7.96. The van der Waals surface area contributed by atoms with Crippen LogP contribution < -0.4 is 19.1 Å². The number of thiocarbonyl (C=S) groups is 1. The summed E-state index contributed by atoms with van der Waals surface area (Å²) in [4.78, 5) is 35.6. The molecule has 3 aromatic carbocycles. The van der Waals surface area contributed by atoms with Crippen molar-refractivity contribution in [3.8, 4) is 17.2 Å². The van der Waals surface area contributed by atoms with E-state index in [4.69, 9.17) is 25.9 Å². The number of nitro benzene ring substituents is 1. The lowest BCUT2D eigenvalue weighted by Gasteiger charge is -2.15. The molecule has 0 aromatic heterocycles. The molecule has 3 aromatic rings. The monoisotopic (exact) mass is 601 g/mol. The average molecular weight is 602 g/mol. The maximum atomic E-state index is 13.0. The smallest absolute Gasteiger partial charge is 0.346 e. The topological polar surface area (TPSA) is 154 Å². The number of ether oxygens (including phenoxy) is 2. The lowest BCUT2D eigenvalue weighted by molar-refractivity contribution is -0.387. The fourth-order valence-electron chi connectivity index (χ4n) is 3.45. The molecule has 0 saturated carbocycles. The van der Waals surface area contributed by atoms with Gasteiger partial charge in [0.25, 0.3) is 17.5 Å². The first-order chi connectivity index (χ1) is 19.0. The Morgan fingerprint density at radius 1 is 1.05 bits per heavy atom. The Labute approximate surface area is 237 Å². The fraction of sp³-hybridized carbons (Fsp3) is 0.0800. The molecule has 0 unspecified atom stereocenters. The van der Waals surface area contributed by atoms with Crippen LogP contribution in [-0.4, -0.2) is 48.7 Å². The van der Waals surface area contributed by atoms with Crippen LogP contribution in [0.4, 0.5) is 5.69 Å². The van der Waals surface area contributed by atoms with Crippen LogP contribution in [0.15, 0.2) is 76.5 Å². The van der Waals surface area contributed by atoms with E-state index in [-0.39, 0.29) is 26.3 Å². The normalized spacial score (nSPS) is 14.2. The SMILES string of the molecule is COc1ccc(C(=O)NN2C(=O)/C(=C/c3ccc(OS(=O)(=O)c4ccccc4[N+](=O)[O-])c(OC)c3)SC2=S)cc1. The molecule has 1 aliphatic heterocycles. The highest BCUT2D eigenvalue weighted by atomic mass is 32.2. The fourth-order valence-corrected chi connectivity index (χ4v) is 5.74. The number of para-hydroxylation sites is 1. The molecular weight excluding hydrogens is 582 g/mol. The standard InChI is InChI=1S/C25H19N3O9S3/c1-35-17-10-8-16(9-11-17)23(29)26-27-24(30)21(39-25(27)38)14-15-7-12-19(20(13-15)36-2)37-40(33,34)22-6-4-3-5-18(22)28(31)32/h3-14H,1-2H3,(H,26,29)/b21-14-. The van der Waals surface area contributed by atoms with Crippen LogP contribution in [0.5, 0.6) is 17.2 Å². The molecule has 4 rings (SSSR count). The number of hydrogen-bond acceptors (Lipinski definition) is 11. The number of rotatable bonds is 9. The molecule has 0 aliphatic carbocycles. The summed E-state index contributed by atoms with van der Waals surface area (Å²) in [7, 11) is -1.81. The van der Waals surface area contributed by atoms with E-state index >= 15 is 0 Å². The number of amides is 2. The molecule has 12 nitrogen and oxygen atoms in total. The summed E-state index contributed by atoms with van der Waals surface area (Å²) in [5.41, 5.74) is 2.55. The van der Waals surface area contributed by atoms with E-state index in [0.717, 1.165) is 28.9 Å². The highest BCUT2D eigenvalue weighted by Crippen LogP contribution is 2.36. The number of carbonyl (C=O) groups excluding carboxylic acids is 2. The third kappa shape index (κ3) is 6.06. The second-order valence-electron chi connectivity index (χ2n) is 7.86. The summed E-state index contributed by atoms with van der Waals surface area (Å²) in [6, 6.07) is 15.2. The molecule has 1 heterocycles. The second-order valence-corrected chi connectivity index (χ2v) is 11.0. The summed E-state index contributed by atoms with van der Waals surface area (Å²) in [5.74, 6) is -0.800. The van der Waals surface area contributed by atoms with Crippen LogP contribution in [0.2, 0.25) is 0 Å². The van der Waals surface area contributed by atoms with Crippen LogP contribution in [0.1, 0.15) is 15.9 Å². The van der Waals surface area contributed by atoms with Crippen molar-refractivity contribution < 1.29 is 36.6 Å². The van der Waals surface area contributed by atoms with Gasteiger partial charge in [-0.15, -0.1) is 0 Å². The molecule has 2 amide bonds. The number of carbonyl (C=O) groups is 2. The van der Waals surface area contributed by atoms with E-state index < -0.39 is 37.4 Å². The van der Waals surface area contributed by atoms with Crippen LogP contribution in [0.3, 0.4) is 0 Å². The number of nitrogens with one attached hydrogen (secondary N) is 1. The summed E-state index contributed by atoms with van der Waals surface area (Å²) in [6.45, 7) is 0. The zero-order valence-electron chi connectivity index (χ0n) is 20.7. The number of hydrazine groups is 1. The molecule has 0 bridgehead atoms.